The van der Waals surface area contributed by atoms with Gasteiger partial charge < -0.3 is 9.64 Å². The van der Waals surface area contributed by atoms with Gasteiger partial charge in [-0.1, -0.05) is 12.1 Å². The number of anilines is 1. The van der Waals surface area contributed by atoms with Crippen molar-refractivity contribution in [2.75, 3.05) is 18.6 Å². The van der Waals surface area contributed by atoms with E-state index in [2.05, 4.69) is 0 Å². The second kappa shape index (κ2) is 3.57. The molecule has 1 aromatic carbocycles. The molecule has 2 rings (SSSR count). The molecular formula is C12H15NO2. The maximum atomic E-state index is 11.7. The van der Waals surface area contributed by atoms with Crippen LogP contribution in [0.1, 0.15) is 17.5 Å². The Kier molecular flexibility index (Phi) is 2.39. The molecule has 0 unspecified atom stereocenters. The molecule has 0 saturated carbocycles. The predicted molar refractivity (Wildman–Crippen MR) is 59.4 cm³/mol. The summed E-state index contributed by atoms with van der Waals surface area (Å²) >= 11 is 0. The van der Waals surface area contributed by atoms with Crippen molar-refractivity contribution in [1.82, 2.24) is 0 Å². The van der Waals surface area contributed by atoms with E-state index in [4.69, 9.17) is 4.74 Å². The molecule has 15 heavy (non-hydrogen) atoms. The van der Waals surface area contributed by atoms with Gasteiger partial charge in [-0.05, 0) is 25.0 Å². The lowest BCUT2D eigenvalue weighted by atomic mass is 10.1. The largest absolute Gasteiger partial charge is 0.491 e. The predicted octanol–water partition coefficient (Wildman–Crippen LogP) is 2.05. The van der Waals surface area contributed by atoms with E-state index in [-0.39, 0.29) is 5.91 Å². The molecule has 0 bridgehead atoms. The third-order valence-corrected chi connectivity index (χ3v) is 2.80. The number of nitrogens with zero attached hydrogens (tertiary/aromatic N) is 1. The first-order valence-corrected chi connectivity index (χ1v) is 5.11. The van der Waals surface area contributed by atoms with Crippen molar-refractivity contribution in [3.05, 3.63) is 23.3 Å². The number of aryl methyl sites for hydroxylation is 2. The van der Waals surface area contributed by atoms with Crippen molar-refractivity contribution in [3.8, 4) is 5.75 Å². The third kappa shape index (κ3) is 1.58. The number of fused-ring (bicyclic) bond motifs is 1. The van der Waals surface area contributed by atoms with Crippen molar-refractivity contribution < 1.29 is 9.53 Å². The van der Waals surface area contributed by atoms with Gasteiger partial charge in [0.05, 0.1) is 18.7 Å². The summed E-state index contributed by atoms with van der Waals surface area (Å²) in [5.41, 5.74) is 3.07. The van der Waals surface area contributed by atoms with E-state index in [1.165, 1.54) is 0 Å². The monoisotopic (exact) mass is 205 g/mol. The fourth-order valence-electron chi connectivity index (χ4n) is 1.90. The molecular weight excluding hydrogens is 190 g/mol. The van der Waals surface area contributed by atoms with Crippen LogP contribution in [0.15, 0.2) is 12.1 Å². The molecule has 1 aromatic rings. The van der Waals surface area contributed by atoms with Crippen molar-refractivity contribution >= 4 is 11.6 Å². The Balaban J connectivity index is 2.62. The smallest absolute Gasteiger partial charge is 0.230 e. The van der Waals surface area contributed by atoms with Crippen molar-refractivity contribution in [1.29, 1.82) is 0 Å². The number of hydrogen-bond donors (Lipinski definition) is 0. The number of carbonyl (C=O) groups is 1. The summed E-state index contributed by atoms with van der Waals surface area (Å²) in [6.45, 7) is 4.47. The lowest BCUT2D eigenvalue weighted by molar-refractivity contribution is -0.118. The standard InChI is InChI=1S/C12H15NO2/c1-8-4-5-9(2)12-11(8)13(3)10(14)6-7-15-12/h4-5H,6-7H2,1-3H3. The van der Waals surface area contributed by atoms with E-state index in [1.807, 2.05) is 33.0 Å². The van der Waals surface area contributed by atoms with Gasteiger partial charge in [0.25, 0.3) is 0 Å². The first-order chi connectivity index (χ1) is 7.11. The van der Waals surface area contributed by atoms with E-state index >= 15 is 0 Å². The highest BCUT2D eigenvalue weighted by Gasteiger charge is 2.22. The highest BCUT2D eigenvalue weighted by atomic mass is 16.5. The van der Waals surface area contributed by atoms with Gasteiger partial charge in [-0.2, -0.15) is 0 Å². The molecule has 0 aromatic heterocycles. The van der Waals surface area contributed by atoms with Crippen LogP contribution in [0.4, 0.5) is 5.69 Å². The fraction of sp³-hybridized carbons (Fsp3) is 0.417. The van der Waals surface area contributed by atoms with Crippen LogP contribution in [0.3, 0.4) is 0 Å². The maximum absolute atomic E-state index is 11.7. The first-order valence-electron chi connectivity index (χ1n) is 5.11. The second-order valence-corrected chi connectivity index (χ2v) is 3.93. The summed E-state index contributed by atoms with van der Waals surface area (Å²) in [6.07, 6.45) is 0.448. The van der Waals surface area contributed by atoms with Gasteiger partial charge in [0.1, 0.15) is 5.75 Å². The van der Waals surface area contributed by atoms with Crippen LogP contribution in [0, 0.1) is 13.8 Å². The summed E-state index contributed by atoms with van der Waals surface area (Å²) in [5.74, 6) is 0.964. The molecule has 1 aliphatic heterocycles. The van der Waals surface area contributed by atoms with Crippen LogP contribution in [0.5, 0.6) is 5.75 Å². The van der Waals surface area contributed by atoms with Crippen LogP contribution in [0.2, 0.25) is 0 Å². The molecule has 0 radical (unpaired) electrons. The molecule has 0 N–H and O–H groups in total. The van der Waals surface area contributed by atoms with Crippen LogP contribution < -0.4 is 9.64 Å². The van der Waals surface area contributed by atoms with Crippen LogP contribution in [-0.2, 0) is 4.79 Å². The Morgan fingerprint density at radius 3 is 2.67 bits per heavy atom. The molecule has 1 heterocycles. The highest BCUT2D eigenvalue weighted by molar-refractivity contribution is 5.96. The van der Waals surface area contributed by atoms with Crippen LogP contribution >= 0.6 is 0 Å². The van der Waals surface area contributed by atoms with Crippen molar-refractivity contribution in [2.24, 2.45) is 0 Å². The molecule has 0 spiro atoms. The van der Waals surface area contributed by atoms with Gasteiger partial charge in [-0.25, -0.2) is 0 Å². The quantitative estimate of drug-likeness (QED) is 0.648. The summed E-state index contributed by atoms with van der Waals surface area (Å²) in [5, 5.41) is 0. The zero-order chi connectivity index (χ0) is 11.0. The van der Waals surface area contributed by atoms with Gasteiger partial charge in [0, 0.05) is 7.05 Å². The minimum atomic E-state index is 0.113. The summed E-state index contributed by atoms with van der Waals surface area (Å²) in [6, 6.07) is 4.05. The molecule has 0 aliphatic carbocycles. The highest BCUT2D eigenvalue weighted by Crippen LogP contribution is 2.36. The molecule has 3 nitrogen and oxygen atoms in total. The summed E-state index contributed by atoms with van der Waals surface area (Å²) in [4.78, 5) is 13.4. The molecule has 3 heteroatoms. The maximum Gasteiger partial charge on any atom is 0.230 e. The number of hydrogen-bond acceptors (Lipinski definition) is 2. The Hall–Kier alpha value is -1.51. The summed E-state index contributed by atoms with van der Waals surface area (Å²) in [7, 11) is 1.81. The first kappa shape index (κ1) is 10.0. The zero-order valence-electron chi connectivity index (χ0n) is 9.33. The van der Waals surface area contributed by atoms with Crippen molar-refractivity contribution in [3.63, 3.8) is 0 Å². The number of carbonyl (C=O) groups excluding carboxylic acids is 1. The third-order valence-electron chi connectivity index (χ3n) is 2.80. The Labute approximate surface area is 89.7 Å². The zero-order valence-corrected chi connectivity index (χ0v) is 9.33. The number of ether oxygens (including phenoxy) is 1. The summed E-state index contributed by atoms with van der Waals surface area (Å²) < 4.78 is 5.64. The van der Waals surface area contributed by atoms with E-state index in [1.54, 1.807) is 4.90 Å². The molecule has 1 aliphatic rings. The topological polar surface area (TPSA) is 29.5 Å². The average Bonchev–Trinajstić information content (AvgIpc) is 2.35. The lowest BCUT2D eigenvalue weighted by Gasteiger charge is -2.19. The Morgan fingerprint density at radius 1 is 1.27 bits per heavy atom. The van der Waals surface area contributed by atoms with Gasteiger partial charge in [0.2, 0.25) is 5.91 Å². The number of rotatable bonds is 0. The Morgan fingerprint density at radius 2 is 1.93 bits per heavy atom. The second-order valence-electron chi connectivity index (χ2n) is 3.93. The minimum Gasteiger partial charge on any atom is -0.491 e. The molecule has 1 amide bonds. The van der Waals surface area contributed by atoms with Crippen molar-refractivity contribution in [2.45, 2.75) is 20.3 Å². The van der Waals surface area contributed by atoms with E-state index in [0.29, 0.717) is 13.0 Å². The normalized spacial score (nSPS) is 15.7. The molecule has 0 fully saturated rings. The number of amides is 1. The molecule has 0 atom stereocenters. The van der Waals surface area contributed by atoms with E-state index < -0.39 is 0 Å². The van der Waals surface area contributed by atoms with E-state index in [9.17, 15) is 4.79 Å². The molecule has 0 saturated heterocycles. The number of benzene rings is 1. The van der Waals surface area contributed by atoms with Gasteiger partial charge >= 0.3 is 0 Å². The van der Waals surface area contributed by atoms with Gasteiger partial charge in [-0.15, -0.1) is 0 Å². The minimum absolute atomic E-state index is 0.113. The van der Waals surface area contributed by atoms with Crippen LogP contribution in [-0.4, -0.2) is 19.6 Å². The SMILES string of the molecule is Cc1ccc(C)c2c1OCCC(=O)N2C. The van der Waals surface area contributed by atoms with Gasteiger partial charge in [-0.3, -0.25) is 4.79 Å². The molecule has 80 valence electrons. The lowest BCUT2D eigenvalue weighted by Crippen LogP contribution is -2.25. The van der Waals surface area contributed by atoms with Crippen LogP contribution in [0.25, 0.3) is 0 Å². The Bertz CT molecular complexity index is 412. The fourth-order valence-corrected chi connectivity index (χ4v) is 1.90. The average molecular weight is 205 g/mol. The van der Waals surface area contributed by atoms with Gasteiger partial charge in [0.15, 0.2) is 0 Å². The van der Waals surface area contributed by atoms with E-state index in [0.717, 1.165) is 22.6 Å².